The number of para-hydroxylation sites is 1. The van der Waals surface area contributed by atoms with Crippen LogP contribution >= 0.6 is 0 Å². The molecule has 0 bridgehead atoms. The topological polar surface area (TPSA) is 118 Å². The Morgan fingerprint density at radius 2 is 1.48 bits per heavy atom. The Morgan fingerprint density at radius 3 is 1.96 bits per heavy atom. The number of aliphatic hydroxyl groups excluding tert-OH is 1. The number of nitrogens with zero attached hydrogens (tertiary/aromatic N) is 1. The van der Waals surface area contributed by atoms with Gasteiger partial charge < -0.3 is 5.11 Å². The average Bonchev–Trinajstić information content (AvgIpc) is 2.59. The van der Waals surface area contributed by atoms with Crippen molar-refractivity contribution in [3.8, 4) is 0 Å². The molecule has 0 fully saturated rings. The molecule has 136 valence electrons. The second-order valence-electron chi connectivity index (χ2n) is 5.45. The van der Waals surface area contributed by atoms with Gasteiger partial charge in [0.1, 0.15) is 0 Å². The summed E-state index contributed by atoms with van der Waals surface area (Å²) in [7, 11) is -7.89. The summed E-state index contributed by atoms with van der Waals surface area (Å²) in [6.45, 7) is 1.64. The van der Waals surface area contributed by atoms with Crippen LogP contribution in [-0.2, 0) is 20.0 Å². The third-order valence-electron chi connectivity index (χ3n) is 3.63. The molecule has 0 spiro atoms. The highest BCUT2D eigenvalue weighted by Crippen LogP contribution is 2.25. The van der Waals surface area contributed by atoms with Gasteiger partial charge in [0.15, 0.2) is 0 Å². The quantitative estimate of drug-likeness (QED) is 0.746. The summed E-state index contributed by atoms with van der Waals surface area (Å²) >= 11 is 0. The molecule has 0 heterocycles. The number of hydrogen-bond acceptors (Lipinski definition) is 5. The number of anilines is 1. The first-order chi connectivity index (χ1) is 11.7. The SMILES string of the molecule is CCC(O)CN(c1ccccc1)S(=O)(=O)c1ccc(S(N)(=O)=O)cc1. The minimum Gasteiger partial charge on any atom is -0.391 e. The van der Waals surface area contributed by atoms with Gasteiger partial charge in [0.2, 0.25) is 10.0 Å². The summed E-state index contributed by atoms with van der Waals surface area (Å²) in [5.74, 6) is 0. The predicted molar refractivity (Wildman–Crippen MR) is 95.1 cm³/mol. The van der Waals surface area contributed by atoms with E-state index in [-0.39, 0.29) is 16.3 Å². The first-order valence-electron chi connectivity index (χ1n) is 7.55. The van der Waals surface area contributed by atoms with E-state index in [2.05, 4.69) is 0 Å². The van der Waals surface area contributed by atoms with Gasteiger partial charge in [-0.2, -0.15) is 0 Å². The Kier molecular flexibility index (Phi) is 5.83. The van der Waals surface area contributed by atoms with Crippen LogP contribution in [0.25, 0.3) is 0 Å². The van der Waals surface area contributed by atoms with Crippen LogP contribution in [0.4, 0.5) is 5.69 Å². The first-order valence-corrected chi connectivity index (χ1v) is 10.5. The number of nitrogens with two attached hydrogens (primary N) is 1. The Labute approximate surface area is 147 Å². The van der Waals surface area contributed by atoms with Crippen molar-refractivity contribution in [2.45, 2.75) is 29.2 Å². The fraction of sp³-hybridized carbons (Fsp3) is 0.250. The molecule has 0 aliphatic rings. The number of rotatable bonds is 7. The second-order valence-corrected chi connectivity index (χ2v) is 8.87. The Balaban J connectivity index is 2.48. The lowest BCUT2D eigenvalue weighted by Gasteiger charge is -2.26. The Bertz CT molecular complexity index is 911. The van der Waals surface area contributed by atoms with E-state index >= 15 is 0 Å². The van der Waals surface area contributed by atoms with Crippen LogP contribution in [0.15, 0.2) is 64.4 Å². The molecule has 2 rings (SSSR count). The lowest BCUT2D eigenvalue weighted by Crippen LogP contribution is -2.37. The van der Waals surface area contributed by atoms with E-state index in [4.69, 9.17) is 5.14 Å². The molecule has 0 aromatic heterocycles. The van der Waals surface area contributed by atoms with Gasteiger partial charge in [0, 0.05) is 0 Å². The van der Waals surface area contributed by atoms with Crippen LogP contribution in [-0.4, -0.2) is 34.6 Å². The second kappa shape index (κ2) is 7.52. The maximum Gasteiger partial charge on any atom is 0.264 e. The molecule has 1 atom stereocenters. The lowest BCUT2D eigenvalue weighted by atomic mass is 10.2. The minimum atomic E-state index is -3.98. The zero-order valence-corrected chi connectivity index (χ0v) is 15.2. The van der Waals surface area contributed by atoms with E-state index in [0.29, 0.717) is 12.1 Å². The van der Waals surface area contributed by atoms with Crippen molar-refractivity contribution in [1.82, 2.24) is 0 Å². The molecule has 7 nitrogen and oxygen atoms in total. The molecule has 0 radical (unpaired) electrons. The number of aliphatic hydroxyl groups is 1. The molecule has 1 unspecified atom stereocenters. The van der Waals surface area contributed by atoms with E-state index in [1.165, 1.54) is 12.1 Å². The normalized spacial score (nSPS) is 13.4. The fourth-order valence-corrected chi connectivity index (χ4v) is 4.20. The van der Waals surface area contributed by atoms with Crippen LogP contribution < -0.4 is 9.44 Å². The summed E-state index contributed by atoms with van der Waals surface area (Å²) in [4.78, 5) is -0.265. The molecule has 2 aromatic rings. The lowest BCUT2D eigenvalue weighted by molar-refractivity contribution is 0.179. The van der Waals surface area contributed by atoms with Crippen molar-refractivity contribution in [2.75, 3.05) is 10.8 Å². The number of primary sulfonamides is 1. The smallest absolute Gasteiger partial charge is 0.264 e. The molecule has 0 amide bonds. The van der Waals surface area contributed by atoms with Crippen LogP contribution in [0.2, 0.25) is 0 Å². The molecule has 9 heteroatoms. The third kappa shape index (κ3) is 4.57. The van der Waals surface area contributed by atoms with Crippen LogP contribution in [0.1, 0.15) is 13.3 Å². The highest BCUT2D eigenvalue weighted by molar-refractivity contribution is 7.92. The fourth-order valence-electron chi connectivity index (χ4n) is 2.19. The van der Waals surface area contributed by atoms with Gasteiger partial charge in [-0.05, 0) is 42.8 Å². The van der Waals surface area contributed by atoms with Crippen molar-refractivity contribution in [3.63, 3.8) is 0 Å². The molecule has 25 heavy (non-hydrogen) atoms. The van der Waals surface area contributed by atoms with E-state index in [1.54, 1.807) is 37.3 Å². The number of benzene rings is 2. The third-order valence-corrected chi connectivity index (χ3v) is 6.37. The van der Waals surface area contributed by atoms with Crippen LogP contribution in [0.3, 0.4) is 0 Å². The van der Waals surface area contributed by atoms with Crippen molar-refractivity contribution in [3.05, 3.63) is 54.6 Å². The zero-order valence-electron chi connectivity index (χ0n) is 13.6. The zero-order chi connectivity index (χ0) is 18.7. The van der Waals surface area contributed by atoms with Gasteiger partial charge in [-0.1, -0.05) is 25.1 Å². The van der Waals surface area contributed by atoms with E-state index in [1.807, 2.05) is 0 Å². The Hall–Kier alpha value is -1.94. The highest BCUT2D eigenvalue weighted by Gasteiger charge is 2.27. The summed E-state index contributed by atoms with van der Waals surface area (Å²) in [6.07, 6.45) is -0.442. The van der Waals surface area contributed by atoms with Crippen LogP contribution in [0, 0.1) is 0 Å². The monoisotopic (exact) mass is 384 g/mol. The number of sulfonamides is 2. The van der Waals surface area contributed by atoms with Crippen molar-refractivity contribution in [1.29, 1.82) is 0 Å². The Morgan fingerprint density at radius 1 is 0.960 bits per heavy atom. The van der Waals surface area contributed by atoms with Gasteiger partial charge in [0.05, 0.1) is 28.1 Å². The van der Waals surface area contributed by atoms with E-state index in [9.17, 15) is 21.9 Å². The van der Waals surface area contributed by atoms with Crippen molar-refractivity contribution >= 4 is 25.7 Å². The molecular weight excluding hydrogens is 364 g/mol. The minimum absolute atomic E-state index is 0.0907. The number of hydrogen-bond donors (Lipinski definition) is 2. The first kappa shape index (κ1) is 19.4. The predicted octanol–water partition coefficient (Wildman–Crippen LogP) is 1.30. The van der Waals surface area contributed by atoms with E-state index < -0.39 is 26.2 Å². The van der Waals surface area contributed by atoms with Crippen LogP contribution in [0.5, 0.6) is 0 Å². The molecule has 0 saturated heterocycles. The summed E-state index contributed by atoms with van der Waals surface area (Å²) in [5, 5.41) is 15.0. The molecule has 3 N–H and O–H groups in total. The highest BCUT2D eigenvalue weighted by atomic mass is 32.2. The van der Waals surface area contributed by atoms with Crippen molar-refractivity contribution < 1.29 is 21.9 Å². The summed E-state index contributed by atoms with van der Waals surface area (Å²) in [5.41, 5.74) is 0.408. The summed E-state index contributed by atoms with van der Waals surface area (Å²) < 4.78 is 49.7. The molecule has 2 aromatic carbocycles. The molecular formula is C16H20N2O5S2. The standard InChI is InChI=1S/C16H20N2O5S2/c1-2-14(19)12-18(13-6-4-3-5-7-13)25(22,23)16-10-8-15(9-11-16)24(17,20)21/h3-11,14,19H,2,12H2,1H3,(H2,17,20,21). The van der Waals surface area contributed by atoms with Gasteiger partial charge in [-0.3, -0.25) is 4.31 Å². The maximum absolute atomic E-state index is 13.0. The molecule has 0 aliphatic heterocycles. The van der Waals surface area contributed by atoms with E-state index in [0.717, 1.165) is 16.4 Å². The molecule has 0 aliphatic carbocycles. The van der Waals surface area contributed by atoms with Gasteiger partial charge >= 0.3 is 0 Å². The van der Waals surface area contributed by atoms with Gasteiger partial charge in [-0.25, -0.2) is 22.0 Å². The summed E-state index contributed by atoms with van der Waals surface area (Å²) in [6, 6.07) is 13.0. The largest absolute Gasteiger partial charge is 0.391 e. The molecule has 0 saturated carbocycles. The van der Waals surface area contributed by atoms with Crippen molar-refractivity contribution in [2.24, 2.45) is 5.14 Å². The maximum atomic E-state index is 13.0. The van der Waals surface area contributed by atoms with Gasteiger partial charge in [-0.15, -0.1) is 0 Å². The van der Waals surface area contributed by atoms with Gasteiger partial charge in [0.25, 0.3) is 10.0 Å². The average molecular weight is 384 g/mol.